The maximum atomic E-state index is 11.9. The van der Waals surface area contributed by atoms with Crippen molar-refractivity contribution in [2.75, 3.05) is 0 Å². The highest BCUT2D eigenvalue weighted by atomic mass is 16.2. The molecule has 0 radical (unpaired) electrons. The van der Waals surface area contributed by atoms with Gasteiger partial charge in [-0.05, 0) is 29.3 Å². The third kappa shape index (κ3) is 5.08. The normalized spacial score (nSPS) is 10.7. The Labute approximate surface area is 155 Å². The number of tetrazole rings is 1. The summed E-state index contributed by atoms with van der Waals surface area (Å²) in [6.07, 6.45) is 3.03. The zero-order chi connectivity index (χ0) is 19.1. The zero-order valence-electron chi connectivity index (χ0n) is 14.7. The summed E-state index contributed by atoms with van der Waals surface area (Å²) < 4.78 is 0. The third-order valence-electron chi connectivity index (χ3n) is 3.70. The molecule has 0 aliphatic carbocycles. The smallest absolute Gasteiger partial charge is 0.262 e. The van der Waals surface area contributed by atoms with E-state index in [4.69, 9.17) is 0 Å². The lowest BCUT2D eigenvalue weighted by molar-refractivity contribution is -0.127. The molecule has 0 unspecified atom stereocenters. The van der Waals surface area contributed by atoms with E-state index in [0.717, 1.165) is 21.5 Å². The number of amides is 2. The first-order chi connectivity index (χ1) is 13.1. The van der Waals surface area contributed by atoms with Crippen molar-refractivity contribution in [1.29, 1.82) is 0 Å². The number of hydrazine groups is 1. The summed E-state index contributed by atoms with van der Waals surface area (Å²) in [6.45, 7) is 1.79. The van der Waals surface area contributed by atoms with Crippen molar-refractivity contribution in [3.63, 3.8) is 0 Å². The third-order valence-corrected chi connectivity index (χ3v) is 3.70. The molecule has 0 aliphatic heterocycles. The van der Waals surface area contributed by atoms with E-state index < -0.39 is 11.8 Å². The number of carbonyl (C=O) groups excluding carboxylic acids is 2. The number of benzene rings is 2. The van der Waals surface area contributed by atoms with Crippen molar-refractivity contribution in [1.82, 2.24) is 31.1 Å². The fraction of sp³-hybridized carbons (Fsp3) is 0.105. The molecule has 0 aliphatic rings. The van der Waals surface area contributed by atoms with Crippen LogP contribution in [0.4, 0.5) is 0 Å². The first-order valence-electron chi connectivity index (χ1n) is 8.27. The number of aryl methyl sites for hydroxylation is 1. The summed E-state index contributed by atoms with van der Waals surface area (Å²) in [4.78, 5) is 24.9. The second-order valence-electron chi connectivity index (χ2n) is 5.74. The van der Waals surface area contributed by atoms with Crippen molar-refractivity contribution < 1.29 is 9.59 Å². The van der Waals surface area contributed by atoms with Crippen LogP contribution in [0, 0.1) is 6.92 Å². The molecule has 1 aromatic heterocycles. The van der Waals surface area contributed by atoms with Crippen molar-refractivity contribution in [3.05, 3.63) is 71.8 Å². The second-order valence-corrected chi connectivity index (χ2v) is 5.74. The van der Waals surface area contributed by atoms with Gasteiger partial charge in [0.1, 0.15) is 6.54 Å². The molecule has 136 valence electrons. The van der Waals surface area contributed by atoms with Gasteiger partial charge in [0.25, 0.3) is 11.8 Å². The topological polar surface area (TPSA) is 102 Å². The first kappa shape index (κ1) is 18.0. The molecule has 3 rings (SSSR count). The van der Waals surface area contributed by atoms with E-state index in [1.807, 2.05) is 61.5 Å². The number of nitrogens with zero attached hydrogens (tertiary/aromatic N) is 4. The predicted molar refractivity (Wildman–Crippen MR) is 99.8 cm³/mol. The molecule has 2 amide bonds. The molecule has 0 saturated carbocycles. The molecule has 3 aromatic rings. The largest absolute Gasteiger partial charge is 0.271 e. The predicted octanol–water partition coefficient (Wildman–Crippen LogP) is 1.51. The highest BCUT2D eigenvalue weighted by Gasteiger charge is 2.09. The molecule has 0 bridgehead atoms. The van der Waals surface area contributed by atoms with Crippen LogP contribution >= 0.6 is 0 Å². The molecule has 0 saturated heterocycles. The lowest BCUT2D eigenvalue weighted by Gasteiger charge is -2.04. The fourth-order valence-corrected chi connectivity index (χ4v) is 2.29. The average molecular weight is 362 g/mol. The summed E-state index contributed by atoms with van der Waals surface area (Å²) in [5.74, 6) is -0.485. The quantitative estimate of drug-likeness (QED) is 0.529. The molecule has 27 heavy (non-hydrogen) atoms. The summed E-state index contributed by atoms with van der Waals surface area (Å²) >= 11 is 0. The zero-order valence-corrected chi connectivity index (χ0v) is 14.7. The lowest BCUT2D eigenvalue weighted by Crippen LogP contribution is -2.42. The van der Waals surface area contributed by atoms with Crippen molar-refractivity contribution in [2.24, 2.45) is 0 Å². The first-order valence-corrected chi connectivity index (χ1v) is 8.27. The Kier molecular flexibility index (Phi) is 5.68. The van der Waals surface area contributed by atoms with E-state index in [2.05, 4.69) is 26.3 Å². The highest BCUT2D eigenvalue weighted by molar-refractivity contribution is 5.93. The standard InChI is InChI=1S/C19H18N6O2/c1-14-7-5-6-8-15(14)11-12-17(26)20-21-18(27)13-25-23-19(22-24-25)16-9-3-2-4-10-16/h2-12H,13H2,1H3,(H,20,26)(H,21,27)/b12-11+. The van der Waals surface area contributed by atoms with Crippen molar-refractivity contribution >= 4 is 17.9 Å². The number of hydrogen-bond acceptors (Lipinski definition) is 5. The van der Waals surface area contributed by atoms with E-state index in [1.54, 1.807) is 6.08 Å². The number of rotatable bonds is 5. The van der Waals surface area contributed by atoms with Crippen LogP contribution in [0.15, 0.2) is 60.7 Å². The Morgan fingerprint density at radius 3 is 2.56 bits per heavy atom. The molecule has 2 N–H and O–H groups in total. The molecule has 0 atom stereocenters. The minimum atomic E-state index is -0.468. The minimum Gasteiger partial charge on any atom is -0.271 e. The number of hydrogen-bond donors (Lipinski definition) is 2. The number of aromatic nitrogens is 4. The average Bonchev–Trinajstić information content (AvgIpc) is 3.15. The van der Waals surface area contributed by atoms with Gasteiger partial charge in [0.05, 0.1) is 0 Å². The van der Waals surface area contributed by atoms with E-state index >= 15 is 0 Å². The van der Waals surface area contributed by atoms with Crippen LogP contribution in [-0.4, -0.2) is 32.0 Å². The maximum Gasteiger partial charge on any atom is 0.262 e. The SMILES string of the molecule is Cc1ccccc1/C=C/C(=O)NNC(=O)Cn1nnc(-c2ccccc2)n1. The van der Waals surface area contributed by atoms with Gasteiger partial charge in [-0.2, -0.15) is 4.80 Å². The maximum absolute atomic E-state index is 11.9. The van der Waals surface area contributed by atoms with Gasteiger partial charge in [0.15, 0.2) is 0 Å². The Hall–Kier alpha value is -3.81. The Morgan fingerprint density at radius 2 is 1.78 bits per heavy atom. The van der Waals surface area contributed by atoms with Gasteiger partial charge >= 0.3 is 0 Å². The van der Waals surface area contributed by atoms with Crippen LogP contribution in [0.1, 0.15) is 11.1 Å². The van der Waals surface area contributed by atoms with Crippen LogP contribution in [-0.2, 0) is 16.1 Å². The number of nitrogens with one attached hydrogen (secondary N) is 2. The van der Waals surface area contributed by atoms with Crippen LogP contribution in [0.2, 0.25) is 0 Å². The van der Waals surface area contributed by atoms with E-state index in [0.29, 0.717) is 5.82 Å². The second kappa shape index (κ2) is 8.52. The van der Waals surface area contributed by atoms with Crippen LogP contribution in [0.5, 0.6) is 0 Å². The highest BCUT2D eigenvalue weighted by Crippen LogP contribution is 2.11. The molecule has 2 aromatic carbocycles. The summed E-state index contributed by atoms with van der Waals surface area (Å²) in [7, 11) is 0. The van der Waals surface area contributed by atoms with Crippen LogP contribution in [0.25, 0.3) is 17.5 Å². The van der Waals surface area contributed by atoms with Crippen LogP contribution in [0.3, 0.4) is 0 Å². The van der Waals surface area contributed by atoms with E-state index in [1.165, 1.54) is 6.08 Å². The summed E-state index contributed by atoms with van der Waals surface area (Å²) in [5.41, 5.74) is 7.42. The lowest BCUT2D eigenvalue weighted by atomic mass is 10.1. The number of carbonyl (C=O) groups is 2. The van der Waals surface area contributed by atoms with Gasteiger partial charge < -0.3 is 0 Å². The molecular weight excluding hydrogens is 344 g/mol. The molecule has 0 spiro atoms. The van der Waals surface area contributed by atoms with E-state index in [9.17, 15) is 9.59 Å². The van der Waals surface area contributed by atoms with Gasteiger partial charge in [0, 0.05) is 11.6 Å². The summed E-state index contributed by atoms with van der Waals surface area (Å²) in [5, 5.41) is 11.9. The van der Waals surface area contributed by atoms with Crippen molar-refractivity contribution in [3.8, 4) is 11.4 Å². The molecule has 0 fully saturated rings. The monoisotopic (exact) mass is 362 g/mol. The van der Waals surface area contributed by atoms with Gasteiger partial charge in [-0.3, -0.25) is 20.4 Å². The van der Waals surface area contributed by atoms with Gasteiger partial charge in [-0.1, -0.05) is 54.6 Å². The van der Waals surface area contributed by atoms with Gasteiger partial charge in [-0.25, -0.2) is 0 Å². The van der Waals surface area contributed by atoms with Gasteiger partial charge in [-0.15, -0.1) is 10.2 Å². The molecule has 1 heterocycles. The van der Waals surface area contributed by atoms with E-state index in [-0.39, 0.29) is 6.54 Å². The van der Waals surface area contributed by atoms with Crippen LogP contribution < -0.4 is 10.9 Å². The Bertz CT molecular complexity index is 965. The minimum absolute atomic E-state index is 0.165. The molecule has 8 heteroatoms. The fourth-order valence-electron chi connectivity index (χ4n) is 2.29. The molecule has 8 nitrogen and oxygen atoms in total. The van der Waals surface area contributed by atoms with Gasteiger partial charge in [0.2, 0.25) is 5.82 Å². The Morgan fingerprint density at radius 1 is 1.04 bits per heavy atom. The Balaban J connectivity index is 1.49. The summed E-state index contributed by atoms with van der Waals surface area (Å²) in [6, 6.07) is 17.0. The van der Waals surface area contributed by atoms with Crippen molar-refractivity contribution in [2.45, 2.75) is 13.5 Å². The molecular formula is C19H18N6O2.